The number of benzene rings is 1. The number of aliphatic hydroxyl groups is 1. The Balaban J connectivity index is 1.85. The number of hydrogen-bond acceptors (Lipinski definition) is 6. The second-order valence-electron chi connectivity index (χ2n) is 5.14. The lowest BCUT2D eigenvalue weighted by Gasteiger charge is -2.19. The summed E-state index contributed by atoms with van der Waals surface area (Å²) in [5.41, 5.74) is 0.864. The molecule has 2 rings (SSSR count). The monoisotopic (exact) mass is 325 g/mol. The van der Waals surface area contributed by atoms with Gasteiger partial charge in [0.15, 0.2) is 0 Å². The van der Waals surface area contributed by atoms with Crippen molar-refractivity contribution in [2.45, 2.75) is 12.5 Å². The Bertz CT molecular complexity index is 574. The SMILES string of the molecule is COCC(O)CN(C)CCc1nc(-c2ccc(Cl)cc2)no1. The number of aromatic nitrogens is 2. The first-order valence-corrected chi connectivity index (χ1v) is 7.40. The first-order valence-electron chi connectivity index (χ1n) is 7.02. The zero-order valence-corrected chi connectivity index (χ0v) is 13.5. The lowest BCUT2D eigenvalue weighted by Crippen LogP contribution is -2.33. The van der Waals surface area contributed by atoms with Crippen LogP contribution in [-0.4, -0.2) is 60.1 Å². The summed E-state index contributed by atoms with van der Waals surface area (Å²) in [5.74, 6) is 1.12. The van der Waals surface area contributed by atoms with Crippen LogP contribution in [0.25, 0.3) is 11.4 Å². The summed E-state index contributed by atoms with van der Waals surface area (Å²) >= 11 is 5.85. The summed E-state index contributed by atoms with van der Waals surface area (Å²) < 4.78 is 10.1. The molecule has 1 N–H and O–H groups in total. The third-order valence-corrected chi connectivity index (χ3v) is 3.41. The Morgan fingerprint density at radius 3 is 2.77 bits per heavy atom. The largest absolute Gasteiger partial charge is 0.389 e. The van der Waals surface area contributed by atoms with E-state index in [9.17, 15) is 5.11 Å². The molecular weight excluding hydrogens is 306 g/mol. The van der Waals surface area contributed by atoms with Gasteiger partial charge in [0.2, 0.25) is 11.7 Å². The van der Waals surface area contributed by atoms with Crippen molar-refractivity contribution >= 4 is 11.6 Å². The van der Waals surface area contributed by atoms with Crippen LogP contribution in [0.5, 0.6) is 0 Å². The van der Waals surface area contributed by atoms with Crippen LogP contribution in [-0.2, 0) is 11.2 Å². The number of likely N-dealkylation sites (N-methyl/N-ethyl adjacent to an activating group) is 1. The van der Waals surface area contributed by atoms with Gasteiger partial charge in [-0.1, -0.05) is 16.8 Å². The third-order valence-electron chi connectivity index (χ3n) is 3.16. The fourth-order valence-electron chi connectivity index (χ4n) is 2.06. The summed E-state index contributed by atoms with van der Waals surface area (Å²) in [6.45, 7) is 1.57. The molecule has 6 nitrogen and oxygen atoms in total. The van der Waals surface area contributed by atoms with E-state index in [0.717, 1.165) is 5.56 Å². The number of ether oxygens (including phenoxy) is 1. The molecule has 2 aromatic rings. The maximum atomic E-state index is 9.66. The number of methoxy groups -OCH3 is 1. The van der Waals surface area contributed by atoms with Crippen molar-refractivity contribution < 1.29 is 14.4 Å². The molecule has 0 aliphatic rings. The third kappa shape index (κ3) is 5.06. The van der Waals surface area contributed by atoms with Crippen LogP contribution in [0.2, 0.25) is 5.02 Å². The summed E-state index contributed by atoms with van der Waals surface area (Å²) in [6.07, 6.45) is 0.124. The topological polar surface area (TPSA) is 71.6 Å². The Morgan fingerprint density at radius 1 is 1.36 bits per heavy atom. The van der Waals surface area contributed by atoms with E-state index in [1.54, 1.807) is 19.2 Å². The maximum Gasteiger partial charge on any atom is 0.228 e. The molecule has 0 spiro atoms. The molecule has 0 saturated carbocycles. The molecule has 0 aliphatic carbocycles. The standard InChI is InChI=1S/C15H20ClN3O3/c1-19(9-13(20)10-21-2)8-7-14-17-15(18-22-14)11-3-5-12(16)6-4-11/h3-6,13,20H,7-10H2,1-2H3. The van der Waals surface area contributed by atoms with Crippen LogP contribution in [0.15, 0.2) is 28.8 Å². The van der Waals surface area contributed by atoms with Crippen molar-refractivity contribution in [2.24, 2.45) is 0 Å². The Hall–Kier alpha value is -1.47. The molecule has 1 atom stereocenters. The van der Waals surface area contributed by atoms with Gasteiger partial charge >= 0.3 is 0 Å². The highest BCUT2D eigenvalue weighted by atomic mass is 35.5. The second kappa shape index (κ2) is 8.24. The van der Waals surface area contributed by atoms with Crippen molar-refractivity contribution in [3.05, 3.63) is 35.2 Å². The second-order valence-corrected chi connectivity index (χ2v) is 5.58. The van der Waals surface area contributed by atoms with Crippen LogP contribution >= 0.6 is 11.6 Å². The molecule has 0 aliphatic heterocycles. The van der Waals surface area contributed by atoms with Gasteiger partial charge < -0.3 is 19.3 Å². The van der Waals surface area contributed by atoms with E-state index in [1.807, 2.05) is 24.1 Å². The molecule has 0 amide bonds. The van der Waals surface area contributed by atoms with Gasteiger partial charge in [0.25, 0.3) is 0 Å². The molecule has 0 radical (unpaired) electrons. The highest BCUT2D eigenvalue weighted by Crippen LogP contribution is 2.18. The summed E-state index contributed by atoms with van der Waals surface area (Å²) in [6, 6.07) is 7.28. The molecular formula is C15H20ClN3O3. The number of nitrogens with zero attached hydrogens (tertiary/aromatic N) is 3. The van der Waals surface area contributed by atoms with Gasteiger partial charge in [-0.25, -0.2) is 0 Å². The minimum Gasteiger partial charge on any atom is -0.389 e. The fourth-order valence-corrected chi connectivity index (χ4v) is 2.18. The Labute approximate surface area is 134 Å². The van der Waals surface area contributed by atoms with Gasteiger partial charge in [-0.15, -0.1) is 0 Å². The Kier molecular flexibility index (Phi) is 6.33. The predicted octanol–water partition coefficient (Wildman–Crippen LogP) is 1.87. The van der Waals surface area contributed by atoms with Gasteiger partial charge in [0.05, 0.1) is 12.7 Å². The number of halogens is 1. The minimum absolute atomic E-state index is 0.325. The molecule has 1 aromatic heterocycles. The smallest absolute Gasteiger partial charge is 0.228 e. The van der Waals surface area contributed by atoms with E-state index in [2.05, 4.69) is 10.1 Å². The van der Waals surface area contributed by atoms with E-state index >= 15 is 0 Å². The zero-order valence-electron chi connectivity index (χ0n) is 12.7. The molecule has 1 unspecified atom stereocenters. The highest BCUT2D eigenvalue weighted by Gasteiger charge is 2.11. The van der Waals surface area contributed by atoms with Crippen molar-refractivity contribution in [3.63, 3.8) is 0 Å². The summed E-state index contributed by atoms with van der Waals surface area (Å²) in [7, 11) is 3.50. The van der Waals surface area contributed by atoms with Crippen molar-refractivity contribution in [1.82, 2.24) is 15.0 Å². The summed E-state index contributed by atoms with van der Waals surface area (Å²) in [4.78, 5) is 6.36. The van der Waals surface area contributed by atoms with Gasteiger partial charge in [-0.2, -0.15) is 4.98 Å². The number of hydrogen-bond donors (Lipinski definition) is 1. The molecule has 1 aromatic carbocycles. The minimum atomic E-state index is -0.498. The summed E-state index contributed by atoms with van der Waals surface area (Å²) in [5, 5.41) is 14.3. The van der Waals surface area contributed by atoms with Crippen molar-refractivity contribution in [1.29, 1.82) is 0 Å². The van der Waals surface area contributed by atoms with Crippen LogP contribution in [0, 0.1) is 0 Å². The number of aliphatic hydroxyl groups excluding tert-OH is 1. The van der Waals surface area contributed by atoms with Gasteiger partial charge in [0, 0.05) is 37.2 Å². The molecule has 1 heterocycles. The van der Waals surface area contributed by atoms with Gasteiger partial charge in [0.1, 0.15) is 0 Å². The average Bonchev–Trinajstić information content (AvgIpc) is 2.95. The first-order chi connectivity index (χ1) is 10.6. The molecule has 0 fully saturated rings. The van der Waals surface area contributed by atoms with E-state index in [-0.39, 0.29) is 0 Å². The average molecular weight is 326 g/mol. The van der Waals surface area contributed by atoms with E-state index in [4.69, 9.17) is 20.9 Å². The zero-order chi connectivity index (χ0) is 15.9. The quantitative estimate of drug-likeness (QED) is 0.799. The predicted molar refractivity (Wildman–Crippen MR) is 83.8 cm³/mol. The molecule has 0 saturated heterocycles. The van der Waals surface area contributed by atoms with Crippen LogP contribution < -0.4 is 0 Å². The molecule has 120 valence electrons. The maximum absolute atomic E-state index is 9.66. The molecule has 0 bridgehead atoms. The number of rotatable bonds is 8. The van der Waals surface area contributed by atoms with Gasteiger partial charge in [-0.05, 0) is 31.3 Å². The lowest BCUT2D eigenvalue weighted by atomic mass is 10.2. The highest BCUT2D eigenvalue weighted by molar-refractivity contribution is 6.30. The van der Waals surface area contributed by atoms with Crippen molar-refractivity contribution in [2.75, 3.05) is 33.9 Å². The molecule has 7 heteroatoms. The fraction of sp³-hybridized carbons (Fsp3) is 0.467. The Morgan fingerprint density at radius 2 is 2.09 bits per heavy atom. The van der Waals surface area contributed by atoms with Crippen LogP contribution in [0.4, 0.5) is 0 Å². The van der Waals surface area contributed by atoms with Crippen LogP contribution in [0.3, 0.4) is 0 Å². The normalized spacial score (nSPS) is 12.8. The van der Waals surface area contributed by atoms with Crippen molar-refractivity contribution in [3.8, 4) is 11.4 Å². The van der Waals surface area contributed by atoms with E-state index < -0.39 is 6.10 Å². The molecule has 22 heavy (non-hydrogen) atoms. The van der Waals surface area contributed by atoms with Crippen LogP contribution in [0.1, 0.15) is 5.89 Å². The van der Waals surface area contributed by atoms with E-state index in [0.29, 0.717) is 42.9 Å². The van der Waals surface area contributed by atoms with E-state index in [1.165, 1.54) is 0 Å². The lowest BCUT2D eigenvalue weighted by molar-refractivity contribution is 0.0432. The van der Waals surface area contributed by atoms with Gasteiger partial charge in [-0.3, -0.25) is 0 Å². The first kappa shape index (κ1) is 16.9.